The first kappa shape index (κ1) is 23.0. The van der Waals surface area contributed by atoms with Gasteiger partial charge in [-0.3, -0.25) is 4.40 Å². The van der Waals surface area contributed by atoms with E-state index < -0.39 is 26.1 Å². The fourth-order valence-electron chi connectivity index (χ4n) is 2.93. The van der Waals surface area contributed by atoms with Crippen LogP contribution in [-0.2, 0) is 9.84 Å². The van der Waals surface area contributed by atoms with Crippen molar-refractivity contribution in [3.05, 3.63) is 36.5 Å². The van der Waals surface area contributed by atoms with Gasteiger partial charge in [-0.25, -0.2) is 18.4 Å². The molecule has 0 bridgehead atoms. The minimum Gasteiger partial charge on any atom is -0.495 e. The Morgan fingerprint density at radius 1 is 1.19 bits per heavy atom. The van der Waals surface area contributed by atoms with Crippen LogP contribution in [0.1, 0.15) is 34.6 Å². The molecule has 0 aliphatic heterocycles. The van der Waals surface area contributed by atoms with E-state index in [0.29, 0.717) is 16.9 Å². The number of aromatic nitrogens is 3. The van der Waals surface area contributed by atoms with Crippen LogP contribution < -0.4 is 10.1 Å². The van der Waals surface area contributed by atoms with Gasteiger partial charge in [0.2, 0.25) is 5.95 Å². The largest absolute Gasteiger partial charge is 0.495 e. The van der Waals surface area contributed by atoms with E-state index in [2.05, 4.69) is 15.3 Å². The summed E-state index contributed by atoms with van der Waals surface area (Å²) in [5.41, 5.74) is 0.366. The van der Waals surface area contributed by atoms with Gasteiger partial charge in [-0.05, 0) is 40.7 Å². The number of hydrogen-bond donors (Lipinski definition) is 2. The first-order valence-corrected chi connectivity index (χ1v) is 11.2. The first-order valence-electron chi connectivity index (χ1n) is 9.67. The number of ether oxygens (including phenoxy) is 1. The molecule has 0 aliphatic rings. The maximum absolute atomic E-state index is 14.2. The molecule has 3 heterocycles. The molecule has 31 heavy (non-hydrogen) atoms. The van der Waals surface area contributed by atoms with Crippen molar-refractivity contribution in [2.75, 3.05) is 19.0 Å². The highest BCUT2D eigenvalue weighted by molar-refractivity contribution is 7.92. The third-order valence-corrected chi connectivity index (χ3v) is 7.18. The molecule has 0 saturated heterocycles. The van der Waals surface area contributed by atoms with E-state index in [-0.39, 0.29) is 23.0 Å². The summed E-state index contributed by atoms with van der Waals surface area (Å²) in [6.45, 7) is 8.24. The Bertz CT molecular complexity index is 1220. The molecule has 0 aliphatic carbocycles. The Morgan fingerprint density at radius 3 is 2.45 bits per heavy atom. The van der Waals surface area contributed by atoms with Gasteiger partial charge in [0.1, 0.15) is 22.1 Å². The minimum absolute atomic E-state index is 0.0177. The van der Waals surface area contributed by atoms with Crippen LogP contribution >= 0.6 is 0 Å². The number of imidazole rings is 1. The van der Waals surface area contributed by atoms with E-state index in [9.17, 15) is 17.9 Å². The number of rotatable bonds is 6. The SMILES string of the molecule is COc1cc2ncc(-c3cc(F)nc(NCC(C)(C)O)c3)n2cc1S(=O)(=O)C(C)(C)C. The van der Waals surface area contributed by atoms with Gasteiger partial charge < -0.3 is 15.2 Å². The number of aliphatic hydroxyl groups is 1. The van der Waals surface area contributed by atoms with Crippen LogP contribution in [0.3, 0.4) is 0 Å². The van der Waals surface area contributed by atoms with Gasteiger partial charge in [0.25, 0.3) is 0 Å². The molecule has 2 N–H and O–H groups in total. The maximum Gasteiger partial charge on any atom is 0.215 e. The number of fused-ring (bicyclic) bond motifs is 1. The van der Waals surface area contributed by atoms with Crippen molar-refractivity contribution < 1.29 is 22.7 Å². The Hall–Kier alpha value is -2.72. The van der Waals surface area contributed by atoms with Gasteiger partial charge in [-0.1, -0.05) is 0 Å². The van der Waals surface area contributed by atoms with Crippen LogP contribution in [0, 0.1) is 5.95 Å². The number of methoxy groups -OCH3 is 1. The average molecular weight is 451 g/mol. The Labute approximate surface area is 181 Å². The van der Waals surface area contributed by atoms with E-state index in [1.165, 1.54) is 31.6 Å². The number of nitrogens with zero attached hydrogens (tertiary/aromatic N) is 3. The molecule has 0 atom stereocenters. The zero-order valence-electron chi connectivity index (χ0n) is 18.4. The highest BCUT2D eigenvalue weighted by Gasteiger charge is 2.34. The minimum atomic E-state index is -3.73. The molecule has 0 fully saturated rings. The zero-order valence-corrected chi connectivity index (χ0v) is 19.2. The lowest BCUT2D eigenvalue weighted by atomic mass is 10.1. The molecule has 3 aromatic heterocycles. The standard InChI is InChI=1S/C21H27FN4O4S/c1-20(2,3)31(28,29)16-11-26-14(10-23-19(26)9-15(16)30-6)13-7-17(22)25-18(8-13)24-12-21(4,5)27/h7-11,27H,12H2,1-6H3,(H,24,25). The van der Waals surface area contributed by atoms with Crippen molar-refractivity contribution in [2.24, 2.45) is 0 Å². The highest BCUT2D eigenvalue weighted by Crippen LogP contribution is 2.34. The quantitative estimate of drug-likeness (QED) is 0.555. The summed E-state index contributed by atoms with van der Waals surface area (Å²) in [4.78, 5) is 8.15. The van der Waals surface area contributed by atoms with E-state index in [1.54, 1.807) is 45.1 Å². The molecule has 0 amide bonds. The summed E-state index contributed by atoms with van der Waals surface area (Å²) >= 11 is 0. The molecular weight excluding hydrogens is 423 g/mol. The number of halogens is 1. The van der Waals surface area contributed by atoms with Crippen molar-refractivity contribution >= 4 is 21.3 Å². The van der Waals surface area contributed by atoms with Crippen LogP contribution in [0.5, 0.6) is 5.75 Å². The number of nitrogens with one attached hydrogen (secondary N) is 1. The van der Waals surface area contributed by atoms with E-state index in [1.807, 2.05) is 0 Å². The molecular formula is C21H27FN4O4S. The predicted molar refractivity (Wildman–Crippen MR) is 117 cm³/mol. The summed E-state index contributed by atoms with van der Waals surface area (Å²) in [7, 11) is -2.33. The van der Waals surface area contributed by atoms with Crippen LogP contribution in [0.4, 0.5) is 10.2 Å². The number of sulfone groups is 1. The average Bonchev–Trinajstić information content (AvgIpc) is 3.06. The van der Waals surface area contributed by atoms with E-state index in [4.69, 9.17) is 4.74 Å². The van der Waals surface area contributed by atoms with Crippen LogP contribution in [0.15, 0.2) is 35.5 Å². The normalized spacial score (nSPS) is 12.9. The second-order valence-corrected chi connectivity index (χ2v) is 11.6. The van der Waals surface area contributed by atoms with Gasteiger partial charge in [-0.15, -0.1) is 0 Å². The molecule has 0 unspecified atom stereocenters. The summed E-state index contributed by atoms with van der Waals surface area (Å²) in [5, 5.41) is 12.8. The fraction of sp³-hybridized carbons (Fsp3) is 0.429. The second kappa shape index (κ2) is 7.76. The monoisotopic (exact) mass is 450 g/mol. The molecule has 0 radical (unpaired) electrons. The summed E-state index contributed by atoms with van der Waals surface area (Å²) < 4.78 is 46.3. The molecule has 3 aromatic rings. The smallest absolute Gasteiger partial charge is 0.215 e. The molecule has 10 heteroatoms. The van der Waals surface area contributed by atoms with Gasteiger partial charge in [-0.2, -0.15) is 4.39 Å². The van der Waals surface area contributed by atoms with Crippen molar-refractivity contribution in [1.29, 1.82) is 0 Å². The van der Waals surface area contributed by atoms with Crippen LogP contribution in [0.2, 0.25) is 0 Å². The third-order valence-electron chi connectivity index (χ3n) is 4.68. The van der Waals surface area contributed by atoms with Gasteiger partial charge >= 0.3 is 0 Å². The fourth-order valence-corrected chi connectivity index (χ4v) is 4.24. The van der Waals surface area contributed by atoms with Gasteiger partial charge in [0, 0.05) is 30.4 Å². The summed E-state index contributed by atoms with van der Waals surface area (Å²) in [5.74, 6) is -0.294. The molecule has 168 valence electrons. The first-order chi connectivity index (χ1) is 14.2. The molecule has 8 nitrogen and oxygen atoms in total. The van der Waals surface area contributed by atoms with Crippen molar-refractivity contribution in [1.82, 2.24) is 14.4 Å². The lowest BCUT2D eigenvalue weighted by Gasteiger charge is -2.21. The van der Waals surface area contributed by atoms with Crippen LogP contribution in [-0.4, -0.2) is 51.9 Å². The van der Waals surface area contributed by atoms with Gasteiger partial charge in [0.05, 0.1) is 29.3 Å². The van der Waals surface area contributed by atoms with Crippen molar-refractivity contribution in [3.8, 4) is 17.0 Å². The summed E-state index contributed by atoms with van der Waals surface area (Å²) in [6.07, 6.45) is 2.97. The summed E-state index contributed by atoms with van der Waals surface area (Å²) in [6, 6.07) is 4.38. The lowest BCUT2D eigenvalue weighted by molar-refractivity contribution is 0.0944. The van der Waals surface area contributed by atoms with Crippen molar-refractivity contribution in [3.63, 3.8) is 0 Å². The third kappa shape index (κ3) is 4.64. The van der Waals surface area contributed by atoms with E-state index >= 15 is 0 Å². The van der Waals surface area contributed by atoms with E-state index in [0.717, 1.165) is 0 Å². The molecule has 0 saturated carbocycles. The predicted octanol–water partition coefficient (Wildman–Crippen LogP) is 3.30. The number of anilines is 1. The maximum atomic E-state index is 14.2. The highest BCUT2D eigenvalue weighted by atomic mass is 32.2. The molecule has 0 aromatic carbocycles. The second-order valence-electron chi connectivity index (χ2n) is 8.92. The Kier molecular flexibility index (Phi) is 5.74. The molecule has 3 rings (SSSR count). The lowest BCUT2D eigenvalue weighted by Crippen LogP contribution is -2.29. The zero-order chi connectivity index (χ0) is 23.2. The Balaban J connectivity index is 2.17. The topological polar surface area (TPSA) is 106 Å². The Morgan fingerprint density at radius 2 is 1.87 bits per heavy atom. The number of pyridine rings is 2. The molecule has 0 spiro atoms. The van der Waals surface area contributed by atoms with Crippen LogP contribution in [0.25, 0.3) is 16.9 Å². The number of hydrogen-bond acceptors (Lipinski definition) is 7. The van der Waals surface area contributed by atoms with Crippen molar-refractivity contribution in [2.45, 2.75) is 49.9 Å². The van der Waals surface area contributed by atoms with Gasteiger partial charge in [0.15, 0.2) is 9.84 Å².